The molecule has 2 aromatic heterocycles. The van der Waals surface area contributed by atoms with Crippen LogP contribution in [0.1, 0.15) is 17.9 Å². The van der Waals surface area contributed by atoms with Crippen molar-refractivity contribution < 1.29 is 78.4 Å². The van der Waals surface area contributed by atoms with Crippen molar-refractivity contribution in [3.05, 3.63) is 54.2 Å². The summed E-state index contributed by atoms with van der Waals surface area (Å²) in [5.41, 5.74) is 1.15. The summed E-state index contributed by atoms with van der Waals surface area (Å²) < 4.78 is 107. The summed E-state index contributed by atoms with van der Waals surface area (Å²) in [5, 5.41) is 21.4. The SMILES string of the molecule is CO[C@@H]1CCN(Cc2ccccn2)[C@@H]2CN(Cc3ccco3)C[C@@H]21.O=C(O)C(F)(F)F.O=C(O)C(F)(F)F.O=C(O)C(F)(F)F. The van der Waals surface area contributed by atoms with Gasteiger partial charge in [-0.15, -0.1) is 0 Å². The van der Waals surface area contributed by atoms with Crippen LogP contribution in [0.5, 0.6) is 0 Å². The molecule has 20 heteroatoms. The molecule has 2 saturated heterocycles. The highest BCUT2D eigenvalue weighted by Crippen LogP contribution is 2.34. The molecule has 4 rings (SSSR count). The van der Waals surface area contributed by atoms with E-state index in [1.54, 1.807) is 6.26 Å². The van der Waals surface area contributed by atoms with Crippen molar-refractivity contribution in [2.45, 2.75) is 50.2 Å². The molecule has 254 valence electrons. The highest BCUT2D eigenvalue weighted by Gasteiger charge is 2.44. The van der Waals surface area contributed by atoms with Crippen LogP contribution in [0.3, 0.4) is 0 Å². The summed E-state index contributed by atoms with van der Waals surface area (Å²) >= 11 is 0. The first-order chi connectivity index (χ1) is 20.7. The second kappa shape index (κ2) is 17.0. The van der Waals surface area contributed by atoms with Gasteiger partial charge in [-0.2, -0.15) is 39.5 Å². The number of aliphatic carboxylic acids is 3. The van der Waals surface area contributed by atoms with Crippen molar-refractivity contribution in [2.24, 2.45) is 5.92 Å². The van der Waals surface area contributed by atoms with Gasteiger partial charge in [-0.05, 0) is 30.7 Å². The van der Waals surface area contributed by atoms with Gasteiger partial charge in [0.1, 0.15) is 5.76 Å². The number of hydrogen-bond acceptors (Lipinski definition) is 8. The topological polar surface area (TPSA) is 154 Å². The third-order valence-corrected chi connectivity index (χ3v) is 6.14. The number of pyridine rings is 1. The Balaban J connectivity index is 0.000000396. The molecular weight excluding hydrogens is 641 g/mol. The van der Waals surface area contributed by atoms with E-state index in [9.17, 15) is 39.5 Å². The molecule has 3 atom stereocenters. The summed E-state index contributed by atoms with van der Waals surface area (Å²) in [4.78, 5) is 36.3. The summed E-state index contributed by atoms with van der Waals surface area (Å²) in [6, 6.07) is 10.7. The molecule has 0 bridgehead atoms. The second-order valence-corrected chi connectivity index (χ2v) is 9.27. The van der Waals surface area contributed by atoms with Crippen LogP contribution in [0, 0.1) is 5.92 Å². The fraction of sp³-hybridized carbons (Fsp3) is 0.520. The lowest BCUT2D eigenvalue weighted by atomic mass is 9.89. The Kier molecular flexibility index (Phi) is 14.7. The third-order valence-electron chi connectivity index (χ3n) is 6.14. The Morgan fingerprint density at radius 1 is 0.867 bits per heavy atom. The fourth-order valence-corrected chi connectivity index (χ4v) is 4.26. The second-order valence-electron chi connectivity index (χ2n) is 9.27. The molecule has 0 saturated carbocycles. The summed E-state index contributed by atoms with van der Waals surface area (Å²) in [6.45, 7) is 5.02. The van der Waals surface area contributed by atoms with E-state index in [0.29, 0.717) is 18.1 Å². The number of aromatic nitrogens is 1. The number of nitrogens with zero attached hydrogens (tertiary/aromatic N) is 3. The molecular formula is C25H28F9N3O8. The number of carboxylic acids is 3. The molecule has 11 nitrogen and oxygen atoms in total. The number of rotatable bonds is 5. The van der Waals surface area contributed by atoms with Crippen LogP contribution in [0.4, 0.5) is 39.5 Å². The molecule has 2 aliphatic heterocycles. The maximum absolute atomic E-state index is 10.6. The van der Waals surface area contributed by atoms with Gasteiger partial charge in [0.25, 0.3) is 0 Å². The number of hydrogen-bond donors (Lipinski definition) is 3. The monoisotopic (exact) mass is 669 g/mol. The van der Waals surface area contributed by atoms with Crippen molar-refractivity contribution >= 4 is 17.9 Å². The Morgan fingerprint density at radius 3 is 1.80 bits per heavy atom. The van der Waals surface area contributed by atoms with E-state index < -0.39 is 36.4 Å². The number of halogens is 9. The summed E-state index contributed by atoms with van der Waals surface area (Å²) in [5.74, 6) is -6.67. The molecule has 0 unspecified atom stereocenters. The third kappa shape index (κ3) is 14.2. The normalized spacial score (nSPS) is 20.3. The van der Waals surface area contributed by atoms with Crippen molar-refractivity contribution in [1.82, 2.24) is 14.8 Å². The highest BCUT2D eigenvalue weighted by atomic mass is 19.4. The smallest absolute Gasteiger partial charge is 0.475 e. The number of piperidine rings is 1. The lowest BCUT2D eigenvalue weighted by Crippen LogP contribution is -2.50. The van der Waals surface area contributed by atoms with Gasteiger partial charge in [-0.1, -0.05) is 6.07 Å². The first-order valence-electron chi connectivity index (χ1n) is 12.5. The quantitative estimate of drug-likeness (QED) is 0.391. The predicted octanol–water partition coefficient (Wildman–Crippen LogP) is 4.30. The standard InChI is InChI=1S/C19H25N3O2.3C2HF3O2/c1-23-19-7-9-22(11-15-5-2-3-8-20-15)18-14-21(13-17(18)19)12-16-6-4-10-24-16;3*3-2(4,5)1(6)7/h2-6,8,10,17-19H,7,9,11-14H2,1H3;3*(H,6,7)/t17-,18+,19+;;;/m0.../s1. The van der Waals surface area contributed by atoms with E-state index in [1.807, 2.05) is 25.4 Å². The summed E-state index contributed by atoms with van der Waals surface area (Å²) in [7, 11) is 1.85. The molecule has 45 heavy (non-hydrogen) atoms. The Hall–Kier alpha value is -3.91. The van der Waals surface area contributed by atoms with Crippen molar-refractivity contribution in [3.8, 4) is 0 Å². The number of fused-ring (bicyclic) bond motifs is 1. The van der Waals surface area contributed by atoms with Crippen LogP contribution in [-0.4, -0.2) is 105 Å². The zero-order valence-corrected chi connectivity index (χ0v) is 23.1. The highest BCUT2D eigenvalue weighted by molar-refractivity contribution is 5.73. The maximum atomic E-state index is 10.6. The minimum atomic E-state index is -5.08. The number of furan rings is 1. The van der Waals surface area contributed by atoms with E-state index in [0.717, 1.165) is 50.6 Å². The number of alkyl halides is 9. The van der Waals surface area contributed by atoms with Crippen molar-refractivity contribution in [2.75, 3.05) is 26.7 Å². The molecule has 0 amide bonds. The van der Waals surface area contributed by atoms with Gasteiger partial charge in [0.15, 0.2) is 0 Å². The average molecular weight is 669 g/mol. The molecule has 2 aliphatic rings. The van der Waals surface area contributed by atoms with E-state index in [4.69, 9.17) is 38.9 Å². The number of likely N-dealkylation sites (tertiary alicyclic amines) is 2. The maximum Gasteiger partial charge on any atom is 0.490 e. The van der Waals surface area contributed by atoms with Crippen LogP contribution in [0.25, 0.3) is 0 Å². The van der Waals surface area contributed by atoms with Gasteiger partial charge in [-0.3, -0.25) is 14.8 Å². The van der Waals surface area contributed by atoms with Gasteiger partial charge in [0, 0.05) is 51.4 Å². The van der Waals surface area contributed by atoms with Gasteiger partial charge in [0.2, 0.25) is 0 Å². The zero-order chi connectivity index (χ0) is 34.6. The van der Waals surface area contributed by atoms with Gasteiger partial charge >= 0.3 is 36.4 Å². The van der Waals surface area contributed by atoms with Crippen LogP contribution >= 0.6 is 0 Å². The lowest BCUT2D eigenvalue weighted by molar-refractivity contribution is -0.193. The summed E-state index contributed by atoms with van der Waals surface area (Å²) in [6.07, 6.45) is -10.2. The van der Waals surface area contributed by atoms with Crippen LogP contribution in [-0.2, 0) is 32.2 Å². The van der Waals surface area contributed by atoms with E-state index in [1.165, 1.54) is 0 Å². The number of ether oxygens (including phenoxy) is 1. The fourth-order valence-electron chi connectivity index (χ4n) is 4.26. The van der Waals surface area contributed by atoms with Gasteiger partial charge in [-0.25, -0.2) is 14.4 Å². The molecule has 3 N–H and O–H groups in total. The van der Waals surface area contributed by atoms with E-state index in [-0.39, 0.29) is 0 Å². The molecule has 0 aliphatic carbocycles. The first-order valence-corrected chi connectivity index (χ1v) is 12.5. The van der Waals surface area contributed by atoms with Crippen LogP contribution in [0.15, 0.2) is 47.2 Å². The van der Waals surface area contributed by atoms with Crippen LogP contribution < -0.4 is 0 Å². The van der Waals surface area contributed by atoms with Gasteiger partial charge in [0.05, 0.1) is 24.6 Å². The van der Waals surface area contributed by atoms with Crippen molar-refractivity contribution in [1.29, 1.82) is 0 Å². The molecule has 0 spiro atoms. The predicted molar refractivity (Wildman–Crippen MR) is 132 cm³/mol. The van der Waals surface area contributed by atoms with E-state index in [2.05, 4.69) is 33.0 Å². The van der Waals surface area contributed by atoms with E-state index >= 15 is 0 Å². The molecule has 0 aromatic carbocycles. The van der Waals surface area contributed by atoms with Gasteiger partial charge < -0.3 is 24.5 Å². The number of methoxy groups -OCH3 is 1. The average Bonchev–Trinajstić information content (AvgIpc) is 3.59. The molecule has 2 fully saturated rings. The van der Waals surface area contributed by atoms with Crippen molar-refractivity contribution in [3.63, 3.8) is 0 Å². The molecule has 4 heterocycles. The Morgan fingerprint density at radius 2 is 1.40 bits per heavy atom. The Bertz CT molecular complexity index is 1140. The Labute approximate surface area is 248 Å². The first kappa shape index (κ1) is 39.1. The largest absolute Gasteiger partial charge is 0.490 e. The minimum Gasteiger partial charge on any atom is -0.475 e. The number of carboxylic acid groups (broad SMARTS) is 3. The zero-order valence-electron chi connectivity index (χ0n) is 23.1. The lowest BCUT2D eigenvalue weighted by Gasteiger charge is -2.41. The number of carbonyl (C=O) groups is 3. The van der Waals surface area contributed by atoms with Crippen LogP contribution in [0.2, 0.25) is 0 Å². The molecule has 2 aromatic rings. The molecule has 0 radical (unpaired) electrons. The minimum absolute atomic E-state index is 0.358.